The van der Waals surface area contributed by atoms with E-state index < -0.39 is 0 Å². The van der Waals surface area contributed by atoms with Crippen molar-refractivity contribution in [2.75, 3.05) is 0 Å². The van der Waals surface area contributed by atoms with E-state index in [2.05, 4.69) is 39.1 Å². The zero-order valence-electron chi connectivity index (χ0n) is 10.8. The molecule has 1 heterocycles. The Morgan fingerprint density at radius 2 is 1.82 bits per heavy atom. The number of allylic oxidation sites excluding steroid dienone is 2. The van der Waals surface area contributed by atoms with Gasteiger partial charge in [0.15, 0.2) is 0 Å². The minimum atomic E-state index is -0.150. The monoisotopic (exact) mass is 233 g/mol. The first-order valence-electron chi connectivity index (χ1n) is 6.30. The topological polar surface area (TPSA) is 46.2 Å². The maximum atomic E-state index is 12.0. The Morgan fingerprint density at radius 1 is 1.18 bits per heavy atom. The number of amides is 2. The summed E-state index contributed by atoms with van der Waals surface area (Å²) in [6, 6.07) is 0. The molecule has 3 nitrogen and oxygen atoms in total. The molecule has 3 aliphatic carbocycles. The predicted molar refractivity (Wildman–Crippen MR) is 63.9 cm³/mol. The highest BCUT2D eigenvalue weighted by Gasteiger charge is 2.64. The van der Waals surface area contributed by atoms with Crippen molar-refractivity contribution in [3.8, 4) is 0 Å². The molecule has 4 unspecified atom stereocenters. The number of hydrogen-bond donors (Lipinski definition) is 1. The molecule has 4 aliphatic rings. The third-order valence-electron chi connectivity index (χ3n) is 4.99. The van der Waals surface area contributed by atoms with Crippen molar-refractivity contribution in [2.45, 2.75) is 34.1 Å². The van der Waals surface area contributed by atoms with Gasteiger partial charge in [0.1, 0.15) is 0 Å². The molecule has 3 heteroatoms. The van der Waals surface area contributed by atoms with Gasteiger partial charge in [-0.25, -0.2) is 0 Å². The summed E-state index contributed by atoms with van der Waals surface area (Å²) in [5, 5.41) is 2.53. The second kappa shape index (κ2) is 2.82. The smallest absolute Gasteiger partial charge is 0.231 e. The molecule has 0 aromatic carbocycles. The van der Waals surface area contributed by atoms with Crippen LogP contribution in [-0.4, -0.2) is 11.8 Å². The summed E-state index contributed by atoms with van der Waals surface area (Å²) in [5.41, 5.74) is 1.25. The van der Waals surface area contributed by atoms with Gasteiger partial charge in [0.2, 0.25) is 11.8 Å². The minimum absolute atomic E-state index is 0.0588. The average molecular weight is 233 g/mol. The van der Waals surface area contributed by atoms with Gasteiger partial charge in [-0.1, -0.05) is 32.4 Å². The fraction of sp³-hybridized carbons (Fsp3) is 0.714. The lowest BCUT2D eigenvalue weighted by molar-refractivity contribution is -0.135. The van der Waals surface area contributed by atoms with Crippen LogP contribution in [0.5, 0.6) is 0 Å². The SMILES string of the molecule is CC1=CC2(C)CC(C)(C)C1C1C(=O)NC(=O)C12. The standard InChI is InChI=1S/C14H19NO2/c1-7-5-14(4)6-13(2,3)9(7)8-10(14)12(17)15-11(8)16/h5,8-10H,6H2,1-4H3,(H,15,16,17). The normalized spacial score (nSPS) is 46.6. The van der Waals surface area contributed by atoms with Gasteiger partial charge in [-0.15, -0.1) is 0 Å². The number of nitrogens with one attached hydrogen (secondary N) is 1. The molecule has 92 valence electrons. The van der Waals surface area contributed by atoms with Gasteiger partial charge in [-0.05, 0) is 30.1 Å². The second-order valence-corrected chi connectivity index (χ2v) is 6.89. The molecule has 4 atom stereocenters. The van der Waals surface area contributed by atoms with E-state index in [0.717, 1.165) is 6.42 Å². The van der Waals surface area contributed by atoms with Gasteiger partial charge >= 0.3 is 0 Å². The molecular formula is C14H19NO2. The van der Waals surface area contributed by atoms with Gasteiger partial charge in [0, 0.05) is 0 Å². The van der Waals surface area contributed by atoms with Gasteiger partial charge < -0.3 is 0 Å². The number of rotatable bonds is 0. The summed E-state index contributed by atoms with van der Waals surface area (Å²) < 4.78 is 0. The van der Waals surface area contributed by atoms with Gasteiger partial charge in [0.25, 0.3) is 0 Å². The molecule has 1 saturated heterocycles. The van der Waals surface area contributed by atoms with Crippen LogP contribution in [0.2, 0.25) is 0 Å². The Labute approximate surface area is 102 Å². The third kappa shape index (κ3) is 1.17. The molecule has 0 aromatic rings. The average Bonchev–Trinajstić information content (AvgIpc) is 2.39. The molecular weight excluding hydrogens is 214 g/mol. The lowest BCUT2D eigenvalue weighted by Gasteiger charge is -2.56. The lowest BCUT2D eigenvalue weighted by Crippen LogP contribution is -2.54. The lowest BCUT2D eigenvalue weighted by atomic mass is 9.45. The molecule has 2 bridgehead atoms. The molecule has 1 saturated carbocycles. The summed E-state index contributed by atoms with van der Waals surface area (Å²) in [6.07, 6.45) is 3.23. The number of carbonyl (C=O) groups excluding carboxylic acids is 2. The number of hydrogen-bond acceptors (Lipinski definition) is 2. The molecule has 17 heavy (non-hydrogen) atoms. The van der Waals surface area contributed by atoms with Gasteiger partial charge in [-0.2, -0.15) is 0 Å². The fourth-order valence-corrected chi connectivity index (χ4v) is 4.99. The Hall–Kier alpha value is -1.12. The van der Waals surface area contributed by atoms with Crippen LogP contribution in [-0.2, 0) is 9.59 Å². The summed E-state index contributed by atoms with van der Waals surface area (Å²) >= 11 is 0. The fourth-order valence-electron chi connectivity index (χ4n) is 4.99. The molecule has 0 radical (unpaired) electrons. The first kappa shape index (κ1) is 11.0. The highest BCUT2D eigenvalue weighted by atomic mass is 16.2. The van der Waals surface area contributed by atoms with Crippen LogP contribution in [0.15, 0.2) is 11.6 Å². The summed E-state index contributed by atoms with van der Waals surface area (Å²) in [6.45, 7) is 8.68. The van der Waals surface area contributed by atoms with Crippen molar-refractivity contribution in [3.05, 3.63) is 11.6 Å². The van der Waals surface area contributed by atoms with E-state index in [0.29, 0.717) is 0 Å². The van der Waals surface area contributed by atoms with Crippen molar-refractivity contribution in [2.24, 2.45) is 28.6 Å². The van der Waals surface area contributed by atoms with Crippen molar-refractivity contribution in [1.82, 2.24) is 5.32 Å². The Bertz CT molecular complexity index is 463. The number of fused-ring (bicyclic) bond motifs is 1. The van der Waals surface area contributed by atoms with Gasteiger partial charge in [0.05, 0.1) is 11.8 Å². The minimum Gasteiger partial charge on any atom is -0.296 e. The molecule has 0 spiro atoms. The zero-order valence-corrected chi connectivity index (χ0v) is 10.8. The van der Waals surface area contributed by atoms with Crippen LogP contribution < -0.4 is 5.32 Å². The van der Waals surface area contributed by atoms with Crippen molar-refractivity contribution in [3.63, 3.8) is 0 Å². The highest BCUT2D eigenvalue weighted by Crippen LogP contribution is 2.63. The highest BCUT2D eigenvalue weighted by molar-refractivity contribution is 6.06. The van der Waals surface area contributed by atoms with Crippen molar-refractivity contribution >= 4 is 11.8 Å². The van der Waals surface area contributed by atoms with E-state index in [1.54, 1.807) is 0 Å². The van der Waals surface area contributed by atoms with E-state index in [4.69, 9.17) is 0 Å². The third-order valence-corrected chi connectivity index (χ3v) is 4.99. The van der Waals surface area contributed by atoms with Gasteiger partial charge in [-0.3, -0.25) is 14.9 Å². The van der Waals surface area contributed by atoms with Crippen molar-refractivity contribution < 1.29 is 9.59 Å². The van der Waals surface area contributed by atoms with E-state index in [1.165, 1.54) is 5.57 Å². The number of carbonyl (C=O) groups is 2. The number of imide groups is 1. The van der Waals surface area contributed by atoms with E-state index in [9.17, 15) is 9.59 Å². The Morgan fingerprint density at radius 3 is 2.41 bits per heavy atom. The molecule has 1 N–H and O–H groups in total. The maximum Gasteiger partial charge on any atom is 0.231 e. The van der Waals surface area contributed by atoms with E-state index in [-0.39, 0.29) is 40.4 Å². The molecule has 4 rings (SSSR count). The molecule has 1 aliphatic heterocycles. The van der Waals surface area contributed by atoms with E-state index >= 15 is 0 Å². The molecule has 2 amide bonds. The van der Waals surface area contributed by atoms with Crippen LogP contribution in [0.4, 0.5) is 0 Å². The van der Waals surface area contributed by atoms with Crippen LogP contribution >= 0.6 is 0 Å². The quantitative estimate of drug-likeness (QED) is 0.513. The molecule has 2 fully saturated rings. The zero-order chi connectivity index (χ0) is 12.6. The van der Waals surface area contributed by atoms with Crippen LogP contribution in [0.3, 0.4) is 0 Å². The second-order valence-electron chi connectivity index (χ2n) is 6.89. The van der Waals surface area contributed by atoms with Crippen LogP contribution in [0.25, 0.3) is 0 Å². The van der Waals surface area contributed by atoms with E-state index in [1.807, 2.05) is 0 Å². The van der Waals surface area contributed by atoms with Crippen LogP contribution in [0.1, 0.15) is 34.1 Å². The molecule has 0 aromatic heterocycles. The summed E-state index contributed by atoms with van der Waals surface area (Å²) in [7, 11) is 0. The predicted octanol–water partition coefficient (Wildman–Crippen LogP) is 1.89. The largest absolute Gasteiger partial charge is 0.296 e. The first-order valence-corrected chi connectivity index (χ1v) is 6.30. The summed E-state index contributed by atoms with van der Waals surface area (Å²) in [5.74, 6) is -0.179. The Kier molecular flexibility index (Phi) is 1.82. The van der Waals surface area contributed by atoms with Crippen molar-refractivity contribution in [1.29, 1.82) is 0 Å². The Balaban J connectivity index is 2.21. The van der Waals surface area contributed by atoms with Crippen LogP contribution in [0, 0.1) is 28.6 Å². The maximum absolute atomic E-state index is 12.0. The first-order chi connectivity index (χ1) is 7.76. The summed E-state index contributed by atoms with van der Waals surface area (Å²) in [4.78, 5) is 24.0.